The molecule has 0 bridgehead atoms. The van der Waals surface area contributed by atoms with E-state index < -0.39 is 5.97 Å². The zero-order chi connectivity index (χ0) is 15.8. The highest BCUT2D eigenvalue weighted by atomic mass is 16.5. The van der Waals surface area contributed by atoms with Crippen molar-refractivity contribution in [2.75, 3.05) is 6.61 Å². The summed E-state index contributed by atoms with van der Waals surface area (Å²) in [6, 6.07) is 0. The number of carboxylic acids is 1. The number of carbonyl (C=O) groups is 2. The van der Waals surface area contributed by atoms with Gasteiger partial charge in [-0.05, 0) is 32.1 Å². The van der Waals surface area contributed by atoms with E-state index in [0.717, 1.165) is 32.1 Å². The summed E-state index contributed by atoms with van der Waals surface area (Å²) < 4.78 is 5.13. The molecular weight excluding hydrogens is 268 g/mol. The summed E-state index contributed by atoms with van der Waals surface area (Å²) >= 11 is 0. The van der Waals surface area contributed by atoms with Crippen molar-refractivity contribution in [3.8, 4) is 0 Å². The molecule has 0 aromatic carbocycles. The van der Waals surface area contributed by atoms with Crippen molar-refractivity contribution in [2.45, 2.75) is 77.6 Å². The number of ether oxygens (including phenoxy) is 1. The lowest BCUT2D eigenvalue weighted by Gasteiger charge is -2.03. The smallest absolute Gasteiger partial charge is 0.305 e. The van der Waals surface area contributed by atoms with E-state index in [1.165, 1.54) is 19.3 Å². The molecule has 0 aliphatic heterocycles. The fraction of sp³-hybridized carbons (Fsp3) is 0.765. The fourth-order valence-electron chi connectivity index (χ4n) is 1.96. The van der Waals surface area contributed by atoms with Crippen LogP contribution in [0.1, 0.15) is 77.6 Å². The topological polar surface area (TPSA) is 63.6 Å². The van der Waals surface area contributed by atoms with Gasteiger partial charge in [0.1, 0.15) is 0 Å². The summed E-state index contributed by atoms with van der Waals surface area (Å²) in [6.45, 7) is 2.65. The van der Waals surface area contributed by atoms with Crippen LogP contribution in [0, 0.1) is 0 Å². The Hall–Kier alpha value is -1.32. The van der Waals surface area contributed by atoms with Gasteiger partial charge in [-0.25, -0.2) is 0 Å². The molecule has 0 aromatic heterocycles. The summed E-state index contributed by atoms with van der Waals surface area (Å²) in [5.74, 6) is -0.898. The van der Waals surface area contributed by atoms with Crippen molar-refractivity contribution < 1.29 is 19.4 Å². The zero-order valence-electron chi connectivity index (χ0n) is 13.3. The first kappa shape index (κ1) is 19.7. The summed E-state index contributed by atoms with van der Waals surface area (Å²) in [4.78, 5) is 21.7. The van der Waals surface area contributed by atoms with E-state index in [-0.39, 0.29) is 12.4 Å². The van der Waals surface area contributed by atoms with E-state index in [9.17, 15) is 9.59 Å². The largest absolute Gasteiger partial charge is 0.481 e. The number of rotatable bonds is 14. The van der Waals surface area contributed by atoms with E-state index in [2.05, 4.69) is 19.1 Å². The van der Waals surface area contributed by atoms with Crippen LogP contribution in [0.15, 0.2) is 12.2 Å². The molecule has 1 N–H and O–H groups in total. The number of esters is 1. The van der Waals surface area contributed by atoms with Crippen LogP contribution >= 0.6 is 0 Å². The molecule has 0 aliphatic rings. The van der Waals surface area contributed by atoms with Crippen molar-refractivity contribution >= 4 is 11.9 Å². The Labute approximate surface area is 128 Å². The van der Waals surface area contributed by atoms with Gasteiger partial charge in [0.05, 0.1) is 6.61 Å². The second kappa shape index (κ2) is 15.1. The SMILES string of the molecule is CCCCCC=CCCOC(=O)CCCCCCC(=O)O. The molecule has 0 aliphatic carbocycles. The van der Waals surface area contributed by atoms with Gasteiger partial charge in [-0.1, -0.05) is 44.8 Å². The lowest BCUT2D eigenvalue weighted by Crippen LogP contribution is -2.05. The van der Waals surface area contributed by atoms with Crippen LogP contribution in [0.25, 0.3) is 0 Å². The minimum absolute atomic E-state index is 0.146. The number of carbonyl (C=O) groups excluding carboxylic acids is 1. The number of hydrogen-bond donors (Lipinski definition) is 1. The Morgan fingerprint density at radius 2 is 1.57 bits per heavy atom. The molecule has 21 heavy (non-hydrogen) atoms. The van der Waals surface area contributed by atoms with Crippen LogP contribution in [0.4, 0.5) is 0 Å². The summed E-state index contributed by atoms with van der Waals surface area (Å²) in [6.07, 6.45) is 13.7. The standard InChI is InChI=1S/C17H30O4/c1-2-3-4-5-6-9-12-15-21-17(20)14-11-8-7-10-13-16(18)19/h6,9H,2-5,7-8,10-15H2,1H3,(H,18,19). The molecule has 0 rings (SSSR count). The van der Waals surface area contributed by atoms with Crippen molar-refractivity contribution in [1.29, 1.82) is 0 Å². The van der Waals surface area contributed by atoms with E-state index >= 15 is 0 Å². The summed E-state index contributed by atoms with van der Waals surface area (Å²) in [5, 5.41) is 8.48. The monoisotopic (exact) mass is 298 g/mol. The Kier molecular flexibility index (Phi) is 14.1. The normalized spacial score (nSPS) is 10.9. The fourth-order valence-corrected chi connectivity index (χ4v) is 1.96. The maximum Gasteiger partial charge on any atom is 0.305 e. The Morgan fingerprint density at radius 1 is 0.905 bits per heavy atom. The van der Waals surface area contributed by atoms with E-state index in [0.29, 0.717) is 19.4 Å². The predicted molar refractivity (Wildman–Crippen MR) is 84.2 cm³/mol. The Bertz CT molecular complexity index is 297. The van der Waals surface area contributed by atoms with Crippen LogP contribution < -0.4 is 0 Å². The highest BCUT2D eigenvalue weighted by Gasteiger charge is 2.02. The van der Waals surface area contributed by atoms with Gasteiger partial charge in [-0.3, -0.25) is 9.59 Å². The molecule has 0 heterocycles. The van der Waals surface area contributed by atoms with Gasteiger partial charge in [0.15, 0.2) is 0 Å². The van der Waals surface area contributed by atoms with Crippen LogP contribution in [-0.4, -0.2) is 23.7 Å². The van der Waals surface area contributed by atoms with Crippen LogP contribution in [0.3, 0.4) is 0 Å². The van der Waals surface area contributed by atoms with Crippen LogP contribution in [0.5, 0.6) is 0 Å². The van der Waals surface area contributed by atoms with Crippen molar-refractivity contribution in [3.05, 3.63) is 12.2 Å². The van der Waals surface area contributed by atoms with Crippen LogP contribution in [-0.2, 0) is 14.3 Å². The highest BCUT2D eigenvalue weighted by Crippen LogP contribution is 2.06. The average molecular weight is 298 g/mol. The van der Waals surface area contributed by atoms with Gasteiger partial charge in [0.25, 0.3) is 0 Å². The van der Waals surface area contributed by atoms with Crippen LogP contribution in [0.2, 0.25) is 0 Å². The van der Waals surface area contributed by atoms with E-state index in [4.69, 9.17) is 9.84 Å². The minimum atomic E-state index is -0.753. The molecule has 4 heteroatoms. The number of allylic oxidation sites excluding steroid dienone is 1. The minimum Gasteiger partial charge on any atom is -0.481 e. The average Bonchev–Trinajstić information content (AvgIpc) is 2.45. The van der Waals surface area contributed by atoms with Gasteiger partial charge < -0.3 is 9.84 Å². The first-order chi connectivity index (χ1) is 10.2. The maximum absolute atomic E-state index is 11.4. The molecule has 0 saturated heterocycles. The quantitative estimate of drug-likeness (QED) is 0.292. The van der Waals surface area contributed by atoms with Crippen molar-refractivity contribution in [2.24, 2.45) is 0 Å². The third-order valence-corrected chi connectivity index (χ3v) is 3.21. The number of hydrogen-bond acceptors (Lipinski definition) is 3. The predicted octanol–water partition coefficient (Wildman–Crippen LogP) is 4.48. The third kappa shape index (κ3) is 16.6. The molecule has 0 spiro atoms. The van der Waals surface area contributed by atoms with Gasteiger partial charge in [0, 0.05) is 12.8 Å². The van der Waals surface area contributed by atoms with E-state index in [1.54, 1.807) is 0 Å². The molecule has 0 radical (unpaired) electrons. The lowest BCUT2D eigenvalue weighted by molar-refractivity contribution is -0.143. The van der Waals surface area contributed by atoms with E-state index in [1.807, 2.05) is 0 Å². The first-order valence-electron chi connectivity index (χ1n) is 8.19. The lowest BCUT2D eigenvalue weighted by atomic mass is 10.1. The first-order valence-corrected chi connectivity index (χ1v) is 8.19. The third-order valence-electron chi connectivity index (χ3n) is 3.21. The summed E-state index contributed by atoms with van der Waals surface area (Å²) in [5.41, 5.74) is 0. The second-order valence-corrected chi connectivity index (χ2v) is 5.28. The number of unbranched alkanes of at least 4 members (excludes halogenated alkanes) is 6. The molecule has 0 fully saturated rings. The Balaban J connectivity index is 3.28. The molecule has 4 nitrogen and oxygen atoms in total. The highest BCUT2D eigenvalue weighted by molar-refractivity contribution is 5.69. The molecule has 122 valence electrons. The zero-order valence-corrected chi connectivity index (χ0v) is 13.3. The second-order valence-electron chi connectivity index (χ2n) is 5.28. The van der Waals surface area contributed by atoms with Gasteiger partial charge >= 0.3 is 11.9 Å². The molecular formula is C17H30O4. The van der Waals surface area contributed by atoms with Gasteiger partial charge in [0.2, 0.25) is 0 Å². The van der Waals surface area contributed by atoms with Gasteiger partial charge in [-0.2, -0.15) is 0 Å². The molecule has 0 saturated carbocycles. The van der Waals surface area contributed by atoms with Gasteiger partial charge in [-0.15, -0.1) is 0 Å². The molecule has 0 amide bonds. The Morgan fingerprint density at radius 3 is 2.24 bits per heavy atom. The summed E-state index contributed by atoms with van der Waals surface area (Å²) in [7, 11) is 0. The molecule has 0 unspecified atom stereocenters. The maximum atomic E-state index is 11.4. The number of aliphatic carboxylic acids is 1. The number of carboxylic acid groups (broad SMARTS) is 1. The van der Waals surface area contributed by atoms with Crippen molar-refractivity contribution in [1.82, 2.24) is 0 Å². The molecule has 0 aromatic rings. The van der Waals surface area contributed by atoms with Crippen molar-refractivity contribution in [3.63, 3.8) is 0 Å². The molecule has 0 atom stereocenters.